The van der Waals surface area contributed by atoms with Crippen LogP contribution in [-0.2, 0) is 12.8 Å². The minimum absolute atomic E-state index is 0.0946. The summed E-state index contributed by atoms with van der Waals surface area (Å²) in [6.45, 7) is 3.58. The van der Waals surface area contributed by atoms with Gasteiger partial charge in [-0.2, -0.15) is 0 Å². The molecular weight excluding hydrogens is 286 g/mol. The maximum absolute atomic E-state index is 12.1. The van der Waals surface area contributed by atoms with Gasteiger partial charge >= 0.3 is 11.3 Å². The van der Waals surface area contributed by atoms with Gasteiger partial charge in [0.1, 0.15) is 5.58 Å². The second-order valence-corrected chi connectivity index (χ2v) is 5.79. The number of aryl methyl sites for hydroxylation is 1. The zero-order valence-electron chi connectivity index (χ0n) is 12.5. The minimum Gasteiger partial charge on any atom is -0.484 e. The molecule has 6 heteroatoms. The average molecular weight is 303 g/mol. The molecule has 0 unspecified atom stereocenters. The van der Waals surface area contributed by atoms with Crippen molar-refractivity contribution >= 4 is 16.7 Å². The molecule has 2 aromatic rings. The molecule has 6 nitrogen and oxygen atoms in total. The van der Waals surface area contributed by atoms with Gasteiger partial charge in [0.2, 0.25) is 5.75 Å². The van der Waals surface area contributed by atoms with Gasteiger partial charge in [-0.1, -0.05) is 0 Å². The summed E-state index contributed by atoms with van der Waals surface area (Å²) in [7, 11) is 0. The van der Waals surface area contributed by atoms with Crippen LogP contribution in [0.2, 0.25) is 0 Å². The number of nitro groups is 1. The molecule has 0 radical (unpaired) electrons. The van der Waals surface area contributed by atoms with Gasteiger partial charge in [-0.05, 0) is 45.1 Å². The molecule has 116 valence electrons. The fourth-order valence-electron chi connectivity index (χ4n) is 2.95. The fraction of sp³-hybridized carbons (Fsp3) is 0.438. The Hall–Kier alpha value is -2.37. The molecule has 0 spiro atoms. The number of fused-ring (bicyclic) bond motifs is 3. The number of ether oxygens (including phenoxy) is 1. The van der Waals surface area contributed by atoms with Crippen LogP contribution < -0.4 is 10.4 Å². The normalized spacial score (nSPS) is 14.1. The molecule has 0 fully saturated rings. The van der Waals surface area contributed by atoms with Crippen LogP contribution in [-0.4, -0.2) is 11.0 Å². The molecule has 1 aliphatic carbocycles. The highest BCUT2D eigenvalue weighted by Crippen LogP contribution is 2.36. The van der Waals surface area contributed by atoms with Crippen LogP contribution >= 0.6 is 0 Å². The third kappa shape index (κ3) is 2.45. The molecular formula is C16H17NO5. The molecule has 0 saturated carbocycles. The van der Waals surface area contributed by atoms with Crippen molar-refractivity contribution in [1.29, 1.82) is 0 Å². The lowest BCUT2D eigenvalue weighted by Crippen LogP contribution is -2.16. The van der Waals surface area contributed by atoms with E-state index >= 15 is 0 Å². The molecule has 0 aliphatic heterocycles. The Bertz CT molecular complexity index is 806. The maximum Gasteiger partial charge on any atom is 0.339 e. The first-order valence-corrected chi connectivity index (χ1v) is 7.41. The van der Waals surface area contributed by atoms with Gasteiger partial charge in [0.25, 0.3) is 0 Å². The lowest BCUT2D eigenvalue weighted by atomic mass is 9.90. The number of rotatable bonds is 3. The Kier molecular flexibility index (Phi) is 3.60. The minimum atomic E-state index is -0.461. The van der Waals surface area contributed by atoms with E-state index in [9.17, 15) is 14.9 Å². The Labute approximate surface area is 126 Å². The van der Waals surface area contributed by atoms with Crippen LogP contribution in [0.1, 0.15) is 37.8 Å². The van der Waals surface area contributed by atoms with Crippen molar-refractivity contribution in [3.8, 4) is 5.75 Å². The predicted octanol–water partition coefficient (Wildman–Crippen LogP) is 3.37. The Morgan fingerprint density at radius 1 is 1.23 bits per heavy atom. The molecule has 1 aliphatic rings. The standard InChI is InChI=1S/C16H17NO5/c1-9(2)21-15-8-14-12(7-13(15)17(19)20)10-5-3-4-6-11(10)16(18)22-14/h7-9H,3-6H2,1-2H3. The lowest BCUT2D eigenvalue weighted by molar-refractivity contribution is -0.385. The summed E-state index contributed by atoms with van der Waals surface area (Å²) in [6.07, 6.45) is 3.13. The van der Waals surface area contributed by atoms with Crippen LogP contribution in [0.3, 0.4) is 0 Å². The second-order valence-electron chi connectivity index (χ2n) is 5.79. The van der Waals surface area contributed by atoms with Crippen molar-refractivity contribution in [2.45, 2.75) is 45.6 Å². The van der Waals surface area contributed by atoms with E-state index in [1.807, 2.05) is 0 Å². The quantitative estimate of drug-likeness (QED) is 0.493. The second kappa shape index (κ2) is 5.44. The third-order valence-corrected chi connectivity index (χ3v) is 3.86. The monoisotopic (exact) mass is 303 g/mol. The van der Waals surface area contributed by atoms with E-state index in [0.29, 0.717) is 23.0 Å². The summed E-state index contributed by atoms with van der Waals surface area (Å²) in [5, 5.41) is 12.0. The number of hydrogen-bond donors (Lipinski definition) is 0. The maximum atomic E-state index is 12.1. The largest absolute Gasteiger partial charge is 0.484 e. The highest BCUT2D eigenvalue weighted by molar-refractivity contribution is 5.86. The summed E-state index contributed by atoms with van der Waals surface area (Å²) in [6, 6.07) is 2.93. The molecule has 0 bridgehead atoms. The zero-order chi connectivity index (χ0) is 15.9. The molecule has 0 saturated heterocycles. The average Bonchev–Trinajstić information content (AvgIpc) is 2.46. The third-order valence-electron chi connectivity index (χ3n) is 3.86. The zero-order valence-corrected chi connectivity index (χ0v) is 12.5. The first kappa shape index (κ1) is 14.6. The molecule has 0 N–H and O–H groups in total. The van der Waals surface area contributed by atoms with Crippen LogP contribution in [0.5, 0.6) is 5.75 Å². The van der Waals surface area contributed by atoms with Crippen molar-refractivity contribution in [1.82, 2.24) is 0 Å². The van der Waals surface area contributed by atoms with Crippen molar-refractivity contribution in [3.63, 3.8) is 0 Å². The summed E-state index contributed by atoms with van der Waals surface area (Å²) in [4.78, 5) is 22.9. The van der Waals surface area contributed by atoms with Crippen molar-refractivity contribution < 1.29 is 14.1 Å². The predicted molar refractivity (Wildman–Crippen MR) is 81.5 cm³/mol. The van der Waals surface area contributed by atoms with Crippen LogP contribution in [0.25, 0.3) is 11.0 Å². The van der Waals surface area contributed by atoms with Crippen LogP contribution in [0.4, 0.5) is 5.69 Å². The number of hydrogen-bond acceptors (Lipinski definition) is 5. The summed E-state index contributed by atoms with van der Waals surface area (Å²) in [5.41, 5.74) is 1.46. The van der Waals surface area contributed by atoms with E-state index in [1.54, 1.807) is 13.8 Å². The fourth-order valence-corrected chi connectivity index (χ4v) is 2.95. The number of benzene rings is 1. The molecule has 0 amide bonds. The van der Waals surface area contributed by atoms with Crippen molar-refractivity contribution in [2.24, 2.45) is 0 Å². The van der Waals surface area contributed by atoms with Gasteiger partial charge < -0.3 is 9.15 Å². The molecule has 22 heavy (non-hydrogen) atoms. The van der Waals surface area contributed by atoms with Gasteiger partial charge in [-0.25, -0.2) is 4.79 Å². The van der Waals surface area contributed by atoms with Crippen molar-refractivity contribution in [3.05, 3.63) is 43.8 Å². The topological polar surface area (TPSA) is 82.6 Å². The summed E-state index contributed by atoms with van der Waals surface area (Å²) >= 11 is 0. The van der Waals surface area contributed by atoms with E-state index in [2.05, 4.69) is 0 Å². The Morgan fingerprint density at radius 2 is 1.91 bits per heavy atom. The molecule has 3 rings (SSSR count). The van der Waals surface area contributed by atoms with E-state index in [4.69, 9.17) is 9.15 Å². The van der Waals surface area contributed by atoms with Gasteiger partial charge in [-0.15, -0.1) is 0 Å². The van der Waals surface area contributed by atoms with E-state index in [-0.39, 0.29) is 23.2 Å². The lowest BCUT2D eigenvalue weighted by Gasteiger charge is -2.17. The van der Waals surface area contributed by atoms with Crippen LogP contribution in [0.15, 0.2) is 21.3 Å². The van der Waals surface area contributed by atoms with Gasteiger partial charge in [0, 0.05) is 23.1 Å². The van der Waals surface area contributed by atoms with Gasteiger partial charge in [-0.3, -0.25) is 10.1 Å². The molecule has 1 aromatic carbocycles. The van der Waals surface area contributed by atoms with E-state index < -0.39 is 4.92 Å². The van der Waals surface area contributed by atoms with Gasteiger partial charge in [0.15, 0.2) is 0 Å². The van der Waals surface area contributed by atoms with E-state index in [1.165, 1.54) is 12.1 Å². The van der Waals surface area contributed by atoms with Crippen molar-refractivity contribution in [2.75, 3.05) is 0 Å². The highest BCUT2D eigenvalue weighted by atomic mass is 16.6. The Balaban J connectivity index is 2.30. The molecule has 1 aromatic heterocycles. The van der Waals surface area contributed by atoms with Crippen LogP contribution in [0, 0.1) is 10.1 Å². The van der Waals surface area contributed by atoms with Gasteiger partial charge in [0.05, 0.1) is 11.0 Å². The van der Waals surface area contributed by atoms with E-state index in [0.717, 1.165) is 24.8 Å². The first-order chi connectivity index (χ1) is 10.5. The molecule has 1 heterocycles. The summed E-state index contributed by atoms with van der Waals surface area (Å²) < 4.78 is 10.9. The molecule has 0 atom stereocenters. The summed E-state index contributed by atoms with van der Waals surface area (Å²) in [5.74, 6) is 0.131. The first-order valence-electron chi connectivity index (χ1n) is 7.41. The number of nitro benzene ring substituents is 1. The SMILES string of the molecule is CC(C)Oc1cc2oc(=O)c3c(c2cc1[N+](=O)[O-])CCCC3. The Morgan fingerprint density at radius 3 is 2.55 bits per heavy atom. The highest BCUT2D eigenvalue weighted by Gasteiger charge is 2.24. The smallest absolute Gasteiger partial charge is 0.339 e. The number of nitrogens with zero attached hydrogens (tertiary/aromatic N) is 1.